The van der Waals surface area contributed by atoms with E-state index in [4.69, 9.17) is 4.74 Å². The number of benzene rings is 1. The molecule has 0 spiro atoms. The molecule has 1 aliphatic heterocycles. The second kappa shape index (κ2) is 9.76. The fraction of sp³-hybridized carbons (Fsp3) is 0.500. The number of morpholine rings is 1. The van der Waals surface area contributed by atoms with Crippen LogP contribution >= 0.6 is 0 Å². The normalized spacial score (nSPS) is 15.2. The summed E-state index contributed by atoms with van der Waals surface area (Å²) < 4.78 is 5.20. The van der Waals surface area contributed by atoms with Gasteiger partial charge in [-0.1, -0.05) is 30.3 Å². The molecule has 1 atom stereocenters. The highest BCUT2D eigenvalue weighted by atomic mass is 16.5. The zero-order valence-electron chi connectivity index (χ0n) is 14.9. The monoisotopic (exact) mass is 363 g/mol. The number of carbonyl (C=O) groups is 3. The average molecular weight is 363 g/mol. The zero-order chi connectivity index (χ0) is 18.9. The van der Waals surface area contributed by atoms with Gasteiger partial charge in [0.25, 0.3) is 0 Å². The maximum Gasteiger partial charge on any atom is 0.326 e. The molecule has 0 aliphatic carbocycles. The molecule has 142 valence electrons. The molecule has 0 unspecified atom stereocenters. The largest absolute Gasteiger partial charge is 0.480 e. The lowest BCUT2D eigenvalue weighted by atomic mass is 10.1. The summed E-state index contributed by atoms with van der Waals surface area (Å²) >= 11 is 0. The van der Waals surface area contributed by atoms with Gasteiger partial charge in [-0.25, -0.2) is 9.59 Å². The molecule has 3 amide bonds. The Morgan fingerprint density at radius 1 is 1.23 bits per heavy atom. The van der Waals surface area contributed by atoms with Crippen molar-refractivity contribution in [3.05, 3.63) is 35.9 Å². The summed E-state index contributed by atoms with van der Waals surface area (Å²) in [6, 6.07) is 7.57. The van der Waals surface area contributed by atoms with E-state index in [1.807, 2.05) is 30.3 Å². The van der Waals surface area contributed by atoms with Crippen molar-refractivity contribution >= 4 is 17.9 Å². The summed E-state index contributed by atoms with van der Waals surface area (Å²) in [7, 11) is 1.54. The van der Waals surface area contributed by atoms with Crippen molar-refractivity contribution in [2.45, 2.75) is 18.9 Å². The topological polar surface area (TPSA) is 99.2 Å². The standard InChI is InChI=1S/C18H25N3O5/c1-20(8-7-16(22)21-9-11-26-12-10-21)18(25)19-15(17(23)24)13-14-5-3-2-4-6-14/h2-6,15H,7-13H2,1H3,(H,19,25)(H,23,24)/t15-/m0/s1. The zero-order valence-corrected chi connectivity index (χ0v) is 14.9. The highest BCUT2D eigenvalue weighted by Crippen LogP contribution is 2.05. The van der Waals surface area contributed by atoms with Crippen molar-refractivity contribution in [2.24, 2.45) is 0 Å². The summed E-state index contributed by atoms with van der Waals surface area (Å²) in [6.07, 6.45) is 0.392. The minimum Gasteiger partial charge on any atom is -0.480 e. The quantitative estimate of drug-likeness (QED) is 0.738. The fourth-order valence-electron chi connectivity index (χ4n) is 2.64. The Balaban J connectivity index is 1.81. The number of carboxylic acid groups (broad SMARTS) is 1. The van der Waals surface area contributed by atoms with Crippen LogP contribution in [0.4, 0.5) is 4.79 Å². The molecule has 2 N–H and O–H groups in total. The van der Waals surface area contributed by atoms with Crippen LogP contribution in [-0.4, -0.2) is 78.8 Å². The second-order valence-corrected chi connectivity index (χ2v) is 6.19. The molecule has 1 fully saturated rings. The Morgan fingerprint density at radius 3 is 2.50 bits per heavy atom. The van der Waals surface area contributed by atoms with Gasteiger partial charge in [0.2, 0.25) is 5.91 Å². The third-order valence-electron chi connectivity index (χ3n) is 4.25. The Kier molecular flexibility index (Phi) is 7.40. The van der Waals surface area contributed by atoms with Gasteiger partial charge in [-0.15, -0.1) is 0 Å². The van der Waals surface area contributed by atoms with E-state index in [1.54, 1.807) is 11.9 Å². The van der Waals surface area contributed by atoms with Crippen LogP contribution in [0.1, 0.15) is 12.0 Å². The van der Waals surface area contributed by atoms with Crippen molar-refractivity contribution in [3.63, 3.8) is 0 Å². The van der Waals surface area contributed by atoms with Crippen molar-refractivity contribution in [1.29, 1.82) is 0 Å². The van der Waals surface area contributed by atoms with E-state index >= 15 is 0 Å². The van der Waals surface area contributed by atoms with Crippen LogP contribution in [0.15, 0.2) is 30.3 Å². The third kappa shape index (κ3) is 6.03. The Bertz CT molecular complexity index is 617. The van der Waals surface area contributed by atoms with Gasteiger partial charge in [0.15, 0.2) is 0 Å². The van der Waals surface area contributed by atoms with Crippen LogP contribution in [-0.2, 0) is 20.7 Å². The van der Waals surface area contributed by atoms with Crippen molar-refractivity contribution in [2.75, 3.05) is 39.9 Å². The molecule has 1 aliphatic rings. The molecule has 26 heavy (non-hydrogen) atoms. The minimum absolute atomic E-state index is 0.0352. The van der Waals surface area contributed by atoms with Crippen LogP contribution < -0.4 is 5.32 Å². The number of amides is 3. The SMILES string of the molecule is CN(CCC(=O)N1CCOCC1)C(=O)N[C@@H](Cc1ccccc1)C(=O)O. The number of urea groups is 1. The molecular weight excluding hydrogens is 338 g/mol. The number of aliphatic carboxylic acids is 1. The van der Waals surface area contributed by atoms with E-state index in [9.17, 15) is 19.5 Å². The van der Waals surface area contributed by atoms with Crippen molar-refractivity contribution in [3.8, 4) is 0 Å². The van der Waals surface area contributed by atoms with Crippen LogP contribution in [0.2, 0.25) is 0 Å². The van der Waals surface area contributed by atoms with Crippen LogP contribution in [0.3, 0.4) is 0 Å². The molecule has 1 aromatic rings. The first-order valence-corrected chi connectivity index (χ1v) is 8.61. The van der Waals surface area contributed by atoms with Crippen LogP contribution in [0, 0.1) is 0 Å². The van der Waals surface area contributed by atoms with E-state index in [0.717, 1.165) is 5.56 Å². The number of carbonyl (C=O) groups excluding carboxylic acids is 2. The van der Waals surface area contributed by atoms with Crippen LogP contribution in [0.5, 0.6) is 0 Å². The number of ether oxygens (including phenoxy) is 1. The van der Waals surface area contributed by atoms with Gasteiger partial charge in [0.05, 0.1) is 13.2 Å². The van der Waals surface area contributed by atoms with E-state index < -0.39 is 18.0 Å². The maximum atomic E-state index is 12.2. The molecule has 8 heteroatoms. The first-order valence-electron chi connectivity index (χ1n) is 8.61. The number of hydrogen-bond donors (Lipinski definition) is 2. The molecule has 8 nitrogen and oxygen atoms in total. The molecule has 0 bridgehead atoms. The molecule has 1 heterocycles. The summed E-state index contributed by atoms with van der Waals surface area (Å²) in [4.78, 5) is 38.8. The van der Waals surface area contributed by atoms with E-state index in [0.29, 0.717) is 26.3 Å². The van der Waals surface area contributed by atoms with Gasteiger partial charge < -0.3 is 25.0 Å². The van der Waals surface area contributed by atoms with Gasteiger partial charge in [0.1, 0.15) is 6.04 Å². The first kappa shape index (κ1) is 19.7. The number of hydrogen-bond acceptors (Lipinski definition) is 4. The molecule has 0 saturated carbocycles. The molecule has 1 aromatic carbocycles. The van der Waals surface area contributed by atoms with Gasteiger partial charge in [0, 0.05) is 39.5 Å². The number of nitrogens with zero attached hydrogens (tertiary/aromatic N) is 2. The highest BCUT2D eigenvalue weighted by molar-refractivity contribution is 5.83. The van der Waals surface area contributed by atoms with Crippen molar-refractivity contribution in [1.82, 2.24) is 15.1 Å². The Morgan fingerprint density at radius 2 is 1.88 bits per heavy atom. The van der Waals surface area contributed by atoms with Crippen LogP contribution in [0.25, 0.3) is 0 Å². The van der Waals surface area contributed by atoms with E-state index in [-0.39, 0.29) is 25.3 Å². The smallest absolute Gasteiger partial charge is 0.326 e. The molecule has 0 aromatic heterocycles. The Hall–Kier alpha value is -2.61. The minimum atomic E-state index is -1.10. The first-order chi connectivity index (χ1) is 12.5. The lowest BCUT2D eigenvalue weighted by Crippen LogP contribution is -2.48. The van der Waals surface area contributed by atoms with E-state index in [2.05, 4.69) is 5.32 Å². The molecular formula is C18H25N3O5. The van der Waals surface area contributed by atoms with Gasteiger partial charge in [-0.2, -0.15) is 0 Å². The molecule has 0 radical (unpaired) electrons. The highest BCUT2D eigenvalue weighted by Gasteiger charge is 2.23. The second-order valence-electron chi connectivity index (χ2n) is 6.19. The number of rotatable bonds is 7. The predicted molar refractivity (Wildman–Crippen MR) is 94.7 cm³/mol. The molecule has 2 rings (SSSR count). The predicted octanol–water partition coefficient (Wildman–Crippen LogP) is 0.573. The maximum absolute atomic E-state index is 12.2. The lowest BCUT2D eigenvalue weighted by molar-refractivity contribution is -0.139. The summed E-state index contributed by atoms with van der Waals surface area (Å²) in [5.74, 6) is -1.13. The number of carboxylic acids is 1. The summed E-state index contributed by atoms with van der Waals surface area (Å²) in [5.41, 5.74) is 0.824. The molecule has 1 saturated heterocycles. The van der Waals surface area contributed by atoms with Gasteiger partial charge in [-0.05, 0) is 5.56 Å². The number of nitrogens with one attached hydrogen (secondary N) is 1. The Labute approximate surface area is 152 Å². The summed E-state index contributed by atoms with van der Waals surface area (Å²) in [5, 5.41) is 11.9. The van der Waals surface area contributed by atoms with Crippen molar-refractivity contribution < 1.29 is 24.2 Å². The summed E-state index contributed by atoms with van der Waals surface area (Å²) in [6.45, 7) is 2.41. The fourth-order valence-corrected chi connectivity index (χ4v) is 2.64. The third-order valence-corrected chi connectivity index (χ3v) is 4.25. The van der Waals surface area contributed by atoms with Gasteiger partial charge in [-0.3, -0.25) is 4.79 Å². The van der Waals surface area contributed by atoms with Gasteiger partial charge >= 0.3 is 12.0 Å². The van der Waals surface area contributed by atoms with E-state index in [1.165, 1.54) is 4.90 Å². The lowest BCUT2D eigenvalue weighted by Gasteiger charge is -2.28. The average Bonchev–Trinajstić information content (AvgIpc) is 2.66.